The van der Waals surface area contributed by atoms with E-state index in [9.17, 15) is 9.65 Å². The fourth-order valence-electron chi connectivity index (χ4n) is 2.43. The number of nitrogens with one attached hydrogen (secondary N) is 1. The third-order valence-corrected chi connectivity index (χ3v) is 3.40. The molecule has 1 N–H and O–H groups in total. The molecule has 0 saturated carbocycles. The van der Waals surface area contributed by atoms with Gasteiger partial charge in [-0.2, -0.15) is 5.26 Å². The van der Waals surface area contributed by atoms with Crippen molar-refractivity contribution in [3.05, 3.63) is 78.1 Å². The first-order valence-corrected chi connectivity index (χ1v) is 6.67. The summed E-state index contributed by atoms with van der Waals surface area (Å²) in [6.07, 6.45) is 0. The van der Waals surface area contributed by atoms with Crippen LogP contribution in [0.25, 0.3) is 10.8 Å². The average molecular weight is 276 g/mol. The summed E-state index contributed by atoms with van der Waals surface area (Å²) in [5.74, 6) is -0.324. The number of nitriles is 1. The van der Waals surface area contributed by atoms with Crippen LogP contribution in [0.5, 0.6) is 0 Å². The van der Waals surface area contributed by atoms with Gasteiger partial charge in [-0.3, -0.25) is 0 Å². The Morgan fingerprint density at radius 1 is 0.952 bits per heavy atom. The van der Waals surface area contributed by atoms with Crippen LogP contribution in [-0.4, -0.2) is 0 Å². The molecule has 0 saturated heterocycles. The summed E-state index contributed by atoms with van der Waals surface area (Å²) in [5, 5.41) is 14.6. The highest BCUT2D eigenvalue weighted by Gasteiger charge is 2.13. The summed E-state index contributed by atoms with van der Waals surface area (Å²) in [6, 6.07) is 21.6. The normalized spacial score (nSPS) is 11.8. The molecule has 1 atom stereocenters. The van der Waals surface area contributed by atoms with E-state index in [2.05, 4.69) is 11.4 Å². The molecule has 0 radical (unpaired) electrons. The van der Waals surface area contributed by atoms with E-state index in [-0.39, 0.29) is 5.82 Å². The molecule has 21 heavy (non-hydrogen) atoms. The summed E-state index contributed by atoms with van der Waals surface area (Å²) in [4.78, 5) is 0. The van der Waals surface area contributed by atoms with Gasteiger partial charge in [-0.05, 0) is 34.5 Å². The van der Waals surface area contributed by atoms with Gasteiger partial charge in [0.2, 0.25) is 0 Å². The number of rotatable bonds is 3. The fourth-order valence-corrected chi connectivity index (χ4v) is 2.43. The molecule has 102 valence electrons. The van der Waals surface area contributed by atoms with E-state index in [0.29, 0.717) is 5.69 Å². The molecule has 3 heteroatoms. The SMILES string of the molecule is N#CC(Nc1cccc(F)c1)c1cccc2ccccc12. The van der Waals surface area contributed by atoms with Crippen molar-refractivity contribution < 1.29 is 4.39 Å². The Labute approximate surface area is 122 Å². The van der Waals surface area contributed by atoms with Crippen LogP contribution in [0.4, 0.5) is 10.1 Å². The molecular formula is C18H13FN2. The van der Waals surface area contributed by atoms with Crippen molar-refractivity contribution in [3.8, 4) is 6.07 Å². The van der Waals surface area contributed by atoms with Gasteiger partial charge in [0.15, 0.2) is 0 Å². The molecule has 0 aliphatic carbocycles. The van der Waals surface area contributed by atoms with Crippen LogP contribution in [0.15, 0.2) is 66.7 Å². The number of nitrogens with zero attached hydrogens (tertiary/aromatic N) is 1. The van der Waals surface area contributed by atoms with Crippen LogP contribution >= 0.6 is 0 Å². The second-order valence-corrected chi connectivity index (χ2v) is 4.79. The number of benzene rings is 3. The second-order valence-electron chi connectivity index (χ2n) is 4.79. The fraction of sp³-hybridized carbons (Fsp3) is 0.0556. The lowest BCUT2D eigenvalue weighted by atomic mass is 9.99. The molecule has 3 aromatic rings. The molecule has 0 aromatic heterocycles. The number of fused-ring (bicyclic) bond motifs is 1. The first-order chi connectivity index (χ1) is 10.3. The third-order valence-electron chi connectivity index (χ3n) is 3.40. The van der Waals surface area contributed by atoms with E-state index in [1.165, 1.54) is 12.1 Å². The minimum absolute atomic E-state index is 0.324. The van der Waals surface area contributed by atoms with Crippen molar-refractivity contribution in [2.75, 3.05) is 5.32 Å². The van der Waals surface area contributed by atoms with Crippen LogP contribution in [0, 0.1) is 17.1 Å². The van der Waals surface area contributed by atoms with Gasteiger partial charge in [0.25, 0.3) is 0 Å². The Balaban J connectivity index is 2.01. The van der Waals surface area contributed by atoms with E-state index in [1.54, 1.807) is 12.1 Å². The standard InChI is InChI=1S/C18H13FN2/c19-14-7-4-8-15(11-14)21-18(12-20)17-10-3-6-13-5-1-2-9-16(13)17/h1-11,18,21H. The van der Waals surface area contributed by atoms with Crippen LogP contribution in [-0.2, 0) is 0 Å². The van der Waals surface area contributed by atoms with Crippen LogP contribution < -0.4 is 5.32 Å². The highest BCUT2D eigenvalue weighted by Crippen LogP contribution is 2.26. The second kappa shape index (κ2) is 5.64. The summed E-state index contributed by atoms with van der Waals surface area (Å²) in [6.45, 7) is 0. The molecule has 0 spiro atoms. The van der Waals surface area contributed by atoms with Gasteiger partial charge in [-0.1, -0.05) is 48.5 Å². The lowest BCUT2D eigenvalue weighted by Gasteiger charge is -2.15. The predicted octanol–water partition coefficient (Wildman–Crippen LogP) is 4.66. The smallest absolute Gasteiger partial charge is 0.140 e. The average Bonchev–Trinajstić information content (AvgIpc) is 2.52. The minimum Gasteiger partial charge on any atom is -0.366 e. The molecule has 3 rings (SSSR count). The quantitative estimate of drug-likeness (QED) is 0.755. The van der Waals surface area contributed by atoms with E-state index in [0.717, 1.165) is 16.3 Å². The Morgan fingerprint density at radius 3 is 2.52 bits per heavy atom. The highest BCUT2D eigenvalue weighted by atomic mass is 19.1. The van der Waals surface area contributed by atoms with Crippen LogP contribution in [0.2, 0.25) is 0 Å². The summed E-state index contributed by atoms with van der Waals surface area (Å²) in [5.41, 5.74) is 1.48. The van der Waals surface area contributed by atoms with Crippen molar-refractivity contribution in [1.29, 1.82) is 5.26 Å². The molecule has 0 heterocycles. The highest BCUT2D eigenvalue weighted by molar-refractivity contribution is 5.86. The molecule has 3 aromatic carbocycles. The number of anilines is 1. The molecule has 0 bridgehead atoms. The zero-order valence-electron chi connectivity index (χ0n) is 11.3. The van der Waals surface area contributed by atoms with Gasteiger partial charge in [-0.15, -0.1) is 0 Å². The van der Waals surface area contributed by atoms with Gasteiger partial charge in [0, 0.05) is 5.69 Å². The first kappa shape index (κ1) is 13.1. The van der Waals surface area contributed by atoms with Gasteiger partial charge < -0.3 is 5.32 Å². The molecule has 0 amide bonds. The number of hydrogen-bond acceptors (Lipinski definition) is 2. The van der Waals surface area contributed by atoms with Crippen molar-refractivity contribution in [1.82, 2.24) is 0 Å². The number of halogens is 1. The lowest BCUT2D eigenvalue weighted by molar-refractivity contribution is 0.628. The van der Waals surface area contributed by atoms with E-state index in [4.69, 9.17) is 0 Å². The molecule has 0 fully saturated rings. The van der Waals surface area contributed by atoms with Crippen molar-refractivity contribution >= 4 is 16.5 Å². The van der Waals surface area contributed by atoms with E-state index in [1.807, 2.05) is 42.5 Å². The van der Waals surface area contributed by atoms with Crippen molar-refractivity contribution in [2.45, 2.75) is 6.04 Å². The molecule has 0 aliphatic rings. The monoisotopic (exact) mass is 276 g/mol. The van der Waals surface area contributed by atoms with Gasteiger partial charge >= 0.3 is 0 Å². The first-order valence-electron chi connectivity index (χ1n) is 6.67. The Bertz CT molecular complexity index is 815. The maximum absolute atomic E-state index is 13.3. The Kier molecular flexibility index (Phi) is 3.53. The van der Waals surface area contributed by atoms with E-state index >= 15 is 0 Å². The maximum atomic E-state index is 13.3. The summed E-state index contributed by atoms with van der Waals surface area (Å²) >= 11 is 0. The lowest BCUT2D eigenvalue weighted by Crippen LogP contribution is -2.09. The third kappa shape index (κ3) is 2.70. The largest absolute Gasteiger partial charge is 0.366 e. The minimum atomic E-state index is -0.530. The Morgan fingerprint density at radius 2 is 1.71 bits per heavy atom. The van der Waals surface area contributed by atoms with Crippen LogP contribution in [0.3, 0.4) is 0 Å². The zero-order chi connectivity index (χ0) is 14.7. The van der Waals surface area contributed by atoms with Gasteiger partial charge in [0.1, 0.15) is 11.9 Å². The molecular weight excluding hydrogens is 263 g/mol. The molecule has 1 unspecified atom stereocenters. The zero-order valence-corrected chi connectivity index (χ0v) is 11.3. The molecule has 0 aliphatic heterocycles. The summed E-state index contributed by atoms with van der Waals surface area (Å²) < 4.78 is 13.3. The van der Waals surface area contributed by atoms with Crippen molar-refractivity contribution in [3.63, 3.8) is 0 Å². The number of hydrogen-bond donors (Lipinski definition) is 1. The van der Waals surface area contributed by atoms with Gasteiger partial charge in [-0.25, -0.2) is 4.39 Å². The topological polar surface area (TPSA) is 35.8 Å². The molecule has 2 nitrogen and oxygen atoms in total. The summed E-state index contributed by atoms with van der Waals surface area (Å²) in [7, 11) is 0. The predicted molar refractivity (Wildman–Crippen MR) is 82.3 cm³/mol. The van der Waals surface area contributed by atoms with Crippen molar-refractivity contribution in [2.24, 2.45) is 0 Å². The van der Waals surface area contributed by atoms with Crippen LogP contribution in [0.1, 0.15) is 11.6 Å². The Hall–Kier alpha value is -2.86. The van der Waals surface area contributed by atoms with E-state index < -0.39 is 6.04 Å². The maximum Gasteiger partial charge on any atom is 0.140 e. The van der Waals surface area contributed by atoms with Gasteiger partial charge in [0.05, 0.1) is 6.07 Å².